The van der Waals surface area contributed by atoms with Crippen LogP contribution in [-0.2, 0) is 11.3 Å². The zero-order valence-corrected chi connectivity index (χ0v) is 14.5. The molecule has 0 aromatic carbocycles. The van der Waals surface area contributed by atoms with Gasteiger partial charge in [0.05, 0.1) is 17.7 Å². The quantitative estimate of drug-likeness (QED) is 0.464. The summed E-state index contributed by atoms with van der Waals surface area (Å²) in [5.74, 6) is 0.816. The topological polar surface area (TPSA) is 58.5 Å². The lowest BCUT2D eigenvalue weighted by atomic mass is 10.2. The average molecular weight is 396 g/mol. The summed E-state index contributed by atoms with van der Waals surface area (Å²) in [7, 11) is 1.78. The van der Waals surface area contributed by atoms with Crippen molar-refractivity contribution in [1.29, 1.82) is 0 Å². The maximum absolute atomic E-state index is 5.56. The second-order valence-electron chi connectivity index (χ2n) is 4.29. The monoisotopic (exact) mass is 396 g/mol. The van der Waals surface area contributed by atoms with Crippen LogP contribution in [0.4, 0.5) is 0 Å². The van der Waals surface area contributed by atoms with Gasteiger partial charge in [0.25, 0.3) is 0 Å². The Morgan fingerprint density at radius 1 is 1.58 bits per heavy atom. The summed E-state index contributed by atoms with van der Waals surface area (Å²) in [4.78, 5) is 9.64. The minimum Gasteiger partial charge on any atom is -0.376 e. The Kier molecular flexibility index (Phi) is 7.62. The molecule has 0 aliphatic carbocycles. The zero-order chi connectivity index (χ0) is 12.8. The molecule has 108 valence electrons. The van der Waals surface area contributed by atoms with Crippen molar-refractivity contribution in [3.05, 3.63) is 16.1 Å². The van der Waals surface area contributed by atoms with E-state index in [1.807, 2.05) is 13.1 Å². The molecule has 0 amide bonds. The number of ether oxygens (including phenoxy) is 1. The first-order chi connectivity index (χ1) is 8.78. The number of rotatable bonds is 4. The van der Waals surface area contributed by atoms with E-state index in [-0.39, 0.29) is 24.0 Å². The van der Waals surface area contributed by atoms with Crippen LogP contribution in [0.2, 0.25) is 0 Å². The Balaban J connectivity index is 0.00000180. The zero-order valence-electron chi connectivity index (χ0n) is 11.3. The standard InChI is InChI=1S/C12H20N4OS.HI/c1-9-14-7-11(18-9)8-16-12(13-2)15-6-10-4-3-5-17-10;/h7,10H,3-6,8H2,1-2H3,(H2,13,15,16);1H. The van der Waals surface area contributed by atoms with Gasteiger partial charge in [-0.2, -0.15) is 0 Å². The van der Waals surface area contributed by atoms with Crippen molar-refractivity contribution in [2.24, 2.45) is 4.99 Å². The average Bonchev–Trinajstić information content (AvgIpc) is 3.01. The Hall–Kier alpha value is -0.410. The number of aliphatic imine (C=N–C) groups is 1. The van der Waals surface area contributed by atoms with E-state index in [1.54, 1.807) is 18.4 Å². The second kappa shape index (κ2) is 8.70. The van der Waals surface area contributed by atoms with Gasteiger partial charge in [-0.1, -0.05) is 0 Å². The van der Waals surface area contributed by atoms with Crippen LogP contribution >= 0.6 is 35.3 Å². The normalized spacial score (nSPS) is 19.1. The number of hydrogen-bond acceptors (Lipinski definition) is 4. The lowest BCUT2D eigenvalue weighted by Gasteiger charge is -2.14. The Morgan fingerprint density at radius 3 is 3.00 bits per heavy atom. The van der Waals surface area contributed by atoms with Crippen LogP contribution in [0.1, 0.15) is 22.7 Å². The lowest BCUT2D eigenvalue weighted by Crippen LogP contribution is -2.40. The highest BCUT2D eigenvalue weighted by Crippen LogP contribution is 2.11. The third-order valence-electron chi connectivity index (χ3n) is 2.84. The van der Waals surface area contributed by atoms with Gasteiger partial charge in [-0.05, 0) is 19.8 Å². The Labute approximate surface area is 135 Å². The summed E-state index contributed by atoms with van der Waals surface area (Å²) in [6, 6.07) is 0. The number of thiazole rings is 1. The molecule has 1 fully saturated rings. The molecule has 1 aliphatic rings. The molecule has 1 atom stereocenters. The third-order valence-corrected chi connectivity index (χ3v) is 3.76. The number of aryl methyl sites for hydroxylation is 1. The van der Waals surface area contributed by atoms with E-state index < -0.39 is 0 Å². The number of nitrogens with one attached hydrogen (secondary N) is 2. The van der Waals surface area contributed by atoms with Gasteiger partial charge in [-0.3, -0.25) is 4.99 Å². The van der Waals surface area contributed by atoms with E-state index in [9.17, 15) is 0 Å². The summed E-state index contributed by atoms with van der Waals surface area (Å²) >= 11 is 1.70. The first-order valence-corrected chi connectivity index (χ1v) is 7.07. The molecule has 2 heterocycles. The third kappa shape index (κ3) is 5.62. The predicted octanol–water partition coefficient (Wildman–Crippen LogP) is 1.91. The van der Waals surface area contributed by atoms with Crippen LogP contribution < -0.4 is 10.6 Å². The minimum atomic E-state index is 0. The molecule has 2 rings (SSSR count). The van der Waals surface area contributed by atoms with Gasteiger partial charge in [0, 0.05) is 31.3 Å². The van der Waals surface area contributed by atoms with Crippen LogP contribution in [0.3, 0.4) is 0 Å². The molecule has 0 spiro atoms. The molecule has 5 nitrogen and oxygen atoms in total. The van der Waals surface area contributed by atoms with Crippen LogP contribution in [-0.4, -0.2) is 37.2 Å². The van der Waals surface area contributed by atoms with E-state index in [0.29, 0.717) is 6.10 Å². The maximum Gasteiger partial charge on any atom is 0.191 e. The summed E-state index contributed by atoms with van der Waals surface area (Å²) < 4.78 is 5.56. The number of hydrogen-bond donors (Lipinski definition) is 2. The number of aromatic nitrogens is 1. The van der Waals surface area contributed by atoms with E-state index >= 15 is 0 Å². The van der Waals surface area contributed by atoms with E-state index in [0.717, 1.165) is 37.1 Å². The van der Waals surface area contributed by atoms with Gasteiger partial charge in [0.1, 0.15) is 0 Å². The lowest BCUT2D eigenvalue weighted by molar-refractivity contribution is 0.114. The summed E-state index contributed by atoms with van der Waals surface area (Å²) in [5.41, 5.74) is 0. The second-order valence-corrected chi connectivity index (χ2v) is 5.61. The van der Waals surface area contributed by atoms with Crippen LogP contribution in [0.15, 0.2) is 11.2 Å². The van der Waals surface area contributed by atoms with Crippen molar-refractivity contribution in [2.75, 3.05) is 20.2 Å². The van der Waals surface area contributed by atoms with Gasteiger partial charge in [0.2, 0.25) is 0 Å². The maximum atomic E-state index is 5.56. The van der Waals surface area contributed by atoms with Crippen molar-refractivity contribution >= 4 is 41.3 Å². The largest absolute Gasteiger partial charge is 0.376 e. The molecule has 1 saturated heterocycles. The molecule has 19 heavy (non-hydrogen) atoms. The minimum absolute atomic E-state index is 0. The highest BCUT2D eigenvalue weighted by atomic mass is 127. The summed E-state index contributed by atoms with van der Waals surface area (Å²) in [6.45, 7) is 4.48. The van der Waals surface area contributed by atoms with E-state index in [4.69, 9.17) is 4.74 Å². The van der Waals surface area contributed by atoms with Crippen molar-refractivity contribution < 1.29 is 4.74 Å². The fraction of sp³-hybridized carbons (Fsp3) is 0.667. The number of halogens is 1. The molecule has 2 N–H and O–H groups in total. The Morgan fingerprint density at radius 2 is 2.42 bits per heavy atom. The summed E-state index contributed by atoms with van der Waals surface area (Å²) in [5, 5.41) is 7.66. The predicted molar refractivity (Wildman–Crippen MR) is 89.4 cm³/mol. The smallest absolute Gasteiger partial charge is 0.191 e. The fourth-order valence-corrected chi connectivity index (χ4v) is 2.63. The van der Waals surface area contributed by atoms with Gasteiger partial charge in [0.15, 0.2) is 5.96 Å². The van der Waals surface area contributed by atoms with Gasteiger partial charge < -0.3 is 15.4 Å². The molecule has 0 radical (unpaired) electrons. The number of guanidine groups is 1. The molecular formula is C12H21IN4OS. The van der Waals surface area contributed by atoms with E-state index in [2.05, 4.69) is 20.6 Å². The Bertz CT molecular complexity index is 404. The molecule has 7 heteroatoms. The SMILES string of the molecule is CN=C(NCc1cnc(C)s1)NCC1CCCO1.I. The molecule has 0 saturated carbocycles. The highest BCUT2D eigenvalue weighted by Gasteiger charge is 2.15. The van der Waals surface area contributed by atoms with Gasteiger partial charge in [-0.25, -0.2) is 4.98 Å². The van der Waals surface area contributed by atoms with Crippen molar-refractivity contribution in [3.63, 3.8) is 0 Å². The van der Waals surface area contributed by atoms with Crippen molar-refractivity contribution in [2.45, 2.75) is 32.4 Å². The first-order valence-electron chi connectivity index (χ1n) is 6.25. The highest BCUT2D eigenvalue weighted by molar-refractivity contribution is 14.0. The van der Waals surface area contributed by atoms with E-state index in [1.165, 1.54) is 11.3 Å². The van der Waals surface area contributed by atoms with Crippen LogP contribution in [0.25, 0.3) is 0 Å². The molecular weight excluding hydrogens is 375 g/mol. The molecule has 1 unspecified atom stereocenters. The molecule has 1 aromatic heterocycles. The van der Waals surface area contributed by atoms with Crippen LogP contribution in [0, 0.1) is 6.92 Å². The first kappa shape index (κ1) is 16.6. The fourth-order valence-electron chi connectivity index (χ4n) is 1.89. The summed E-state index contributed by atoms with van der Waals surface area (Å²) in [6.07, 6.45) is 4.53. The van der Waals surface area contributed by atoms with Crippen molar-refractivity contribution in [1.82, 2.24) is 15.6 Å². The molecule has 1 aliphatic heterocycles. The molecule has 0 bridgehead atoms. The number of nitrogens with zero attached hydrogens (tertiary/aromatic N) is 2. The van der Waals surface area contributed by atoms with Crippen LogP contribution in [0.5, 0.6) is 0 Å². The van der Waals surface area contributed by atoms with Gasteiger partial charge >= 0.3 is 0 Å². The molecule has 1 aromatic rings. The van der Waals surface area contributed by atoms with Crippen molar-refractivity contribution in [3.8, 4) is 0 Å². The van der Waals surface area contributed by atoms with Gasteiger partial charge in [-0.15, -0.1) is 35.3 Å².